The van der Waals surface area contributed by atoms with Gasteiger partial charge in [-0.1, -0.05) is 0 Å². The number of thioether (sulfide) groups is 1. The maximum absolute atomic E-state index is 13.1. The minimum Gasteiger partial charge on any atom is -0.326 e. The average Bonchev–Trinajstić information content (AvgIpc) is 2.58. The van der Waals surface area contributed by atoms with Gasteiger partial charge in [0.2, 0.25) is 11.8 Å². The maximum atomic E-state index is 13.1. The van der Waals surface area contributed by atoms with E-state index in [4.69, 9.17) is 0 Å². The number of rotatable bonds is 6. The molecular weight excluding hydrogens is 339 g/mol. The summed E-state index contributed by atoms with van der Waals surface area (Å²) in [6, 6.07) is 13.3. The number of carbonyl (C=O) groups excluding carboxylic acids is 2. The molecule has 0 bridgehead atoms. The third-order valence-electron chi connectivity index (χ3n) is 3.56. The first kappa shape index (κ1) is 19.0. The molecule has 0 saturated carbocycles. The van der Waals surface area contributed by atoms with Crippen LogP contribution in [-0.2, 0) is 9.59 Å². The lowest BCUT2D eigenvalue weighted by atomic mass is 10.2. The van der Waals surface area contributed by atoms with Crippen molar-refractivity contribution in [3.8, 4) is 0 Å². The van der Waals surface area contributed by atoms with Crippen molar-refractivity contribution >= 4 is 35.0 Å². The Morgan fingerprint density at radius 2 is 1.72 bits per heavy atom. The Morgan fingerprint density at radius 3 is 2.24 bits per heavy atom. The van der Waals surface area contributed by atoms with E-state index in [2.05, 4.69) is 5.32 Å². The van der Waals surface area contributed by atoms with Crippen molar-refractivity contribution in [1.29, 1.82) is 0 Å². The standard InChI is InChI=1S/C19H21FN2O2S/c1-4-22(17-9-5-15(20)6-10-17)19(24)13(2)25-18-11-7-16(8-12-18)21-14(3)23/h5-13H,4H2,1-3H3,(H,21,23). The normalized spacial score (nSPS) is 11.7. The molecule has 132 valence electrons. The van der Waals surface area contributed by atoms with Gasteiger partial charge < -0.3 is 10.2 Å². The van der Waals surface area contributed by atoms with Crippen molar-refractivity contribution in [1.82, 2.24) is 0 Å². The van der Waals surface area contributed by atoms with Gasteiger partial charge in [-0.2, -0.15) is 0 Å². The van der Waals surface area contributed by atoms with Gasteiger partial charge in [-0.3, -0.25) is 9.59 Å². The van der Waals surface area contributed by atoms with E-state index in [1.165, 1.54) is 30.8 Å². The molecule has 0 radical (unpaired) electrons. The topological polar surface area (TPSA) is 49.4 Å². The third kappa shape index (κ3) is 5.32. The summed E-state index contributed by atoms with van der Waals surface area (Å²) in [5.74, 6) is -0.485. The highest BCUT2D eigenvalue weighted by atomic mass is 32.2. The zero-order chi connectivity index (χ0) is 18.4. The Labute approximate surface area is 151 Å². The van der Waals surface area contributed by atoms with Crippen LogP contribution in [0.5, 0.6) is 0 Å². The van der Waals surface area contributed by atoms with E-state index < -0.39 is 0 Å². The van der Waals surface area contributed by atoms with Gasteiger partial charge in [-0.05, 0) is 62.4 Å². The lowest BCUT2D eigenvalue weighted by Gasteiger charge is -2.24. The summed E-state index contributed by atoms with van der Waals surface area (Å²) in [4.78, 5) is 26.3. The molecule has 4 nitrogen and oxygen atoms in total. The van der Waals surface area contributed by atoms with E-state index in [-0.39, 0.29) is 22.9 Å². The number of halogens is 1. The number of nitrogens with zero attached hydrogens (tertiary/aromatic N) is 1. The summed E-state index contributed by atoms with van der Waals surface area (Å²) in [7, 11) is 0. The molecule has 2 aromatic carbocycles. The fraction of sp³-hybridized carbons (Fsp3) is 0.263. The van der Waals surface area contributed by atoms with Crippen LogP contribution in [0.15, 0.2) is 53.4 Å². The Hall–Kier alpha value is -2.34. The number of hydrogen-bond donors (Lipinski definition) is 1. The van der Waals surface area contributed by atoms with Crippen LogP contribution in [0, 0.1) is 5.82 Å². The van der Waals surface area contributed by atoms with Crippen LogP contribution in [0.1, 0.15) is 20.8 Å². The van der Waals surface area contributed by atoms with E-state index >= 15 is 0 Å². The van der Waals surface area contributed by atoms with Crippen LogP contribution < -0.4 is 10.2 Å². The molecule has 6 heteroatoms. The first-order chi connectivity index (χ1) is 11.9. The summed E-state index contributed by atoms with van der Waals surface area (Å²) in [5, 5.41) is 2.41. The Bertz CT molecular complexity index is 732. The average molecular weight is 360 g/mol. The number of nitrogens with one attached hydrogen (secondary N) is 1. The van der Waals surface area contributed by atoms with Crippen LogP contribution in [0.2, 0.25) is 0 Å². The van der Waals surface area contributed by atoms with E-state index in [0.717, 1.165) is 10.6 Å². The molecule has 1 N–H and O–H groups in total. The Kier molecular flexibility index (Phi) is 6.58. The van der Waals surface area contributed by atoms with Gasteiger partial charge >= 0.3 is 0 Å². The molecule has 0 saturated heterocycles. The molecule has 1 unspecified atom stereocenters. The van der Waals surface area contributed by atoms with Gasteiger partial charge in [0, 0.05) is 29.7 Å². The lowest BCUT2D eigenvalue weighted by molar-refractivity contribution is -0.118. The van der Waals surface area contributed by atoms with Crippen LogP contribution in [0.3, 0.4) is 0 Å². The number of benzene rings is 2. The van der Waals surface area contributed by atoms with E-state index in [1.807, 2.05) is 26.0 Å². The Morgan fingerprint density at radius 1 is 1.12 bits per heavy atom. The predicted molar refractivity (Wildman–Crippen MR) is 100 cm³/mol. The largest absolute Gasteiger partial charge is 0.326 e. The van der Waals surface area contributed by atoms with E-state index in [0.29, 0.717) is 12.2 Å². The highest BCUT2D eigenvalue weighted by molar-refractivity contribution is 8.00. The van der Waals surface area contributed by atoms with Crippen LogP contribution >= 0.6 is 11.8 Å². The van der Waals surface area contributed by atoms with Crippen molar-refractivity contribution < 1.29 is 14.0 Å². The maximum Gasteiger partial charge on any atom is 0.240 e. The van der Waals surface area contributed by atoms with Gasteiger partial charge in [0.05, 0.1) is 5.25 Å². The van der Waals surface area contributed by atoms with Crippen molar-refractivity contribution in [3.63, 3.8) is 0 Å². The smallest absolute Gasteiger partial charge is 0.240 e. The minimum atomic E-state index is -0.325. The SMILES string of the molecule is CCN(C(=O)C(C)Sc1ccc(NC(C)=O)cc1)c1ccc(F)cc1. The molecule has 0 spiro atoms. The number of amides is 2. The molecule has 0 heterocycles. The zero-order valence-electron chi connectivity index (χ0n) is 14.5. The molecule has 0 aliphatic carbocycles. The molecule has 25 heavy (non-hydrogen) atoms. The van der Waals surface area contributed by atoms with Crippen molar-refractivity contribution in [2.24, 2.45) is 0 Å². The summed E-state index contributed by atoms with van der Waals surface area (Å²) in [5.41, 5.74) is 1.40. The molecule has 2 rings (SSSR count). The fourth-order valence-corrected chi connectivity index (χ4v) is 3.31. The summed E-state index contributed by atoms with van der Waals surface area (Å²) in [6.07, 6.45) is 0. The van der Waals surface area contributed by atoms with Crippen LogP contribution in [0.25, 0.3) is 0 Å². The molecule has 0 aliphatic rings. The van der Waals surface area contributed by atoms with Gasteiger partial charge in [-0.25, -0.2) is 4.39 Å². The quantitative estimate of drug-likeness (QED) is 0.781. The highest BCUT2D eigenvalue weighted by Crippen LogP contribution is 2.27. The van der Waals surface area contributed by atoms with Crippen molar-refractivity contribution in [3.05, 3.63) is 54.3 Å². The molecular formula is C19H21FN2O2S. The third-order valence-corrected chi connectivity index (χ3v) is 4.66. The molecule has 0 aromatic heterocycles. The molecule has 1 atom stereocenters. The first-order valence-corrected chi connectivity index (χ1v) is 8.90. The van der Waals surface area contributed by atoms with Crippen LogP contribution in [-0.4, -0.2) is 23.6 Å². The van der Waals surface area contributed by atoms with Gasteiger partial charge in [0.15, 0.2) is 0 Å². The van der Waals surface area contributed by atoms with Crippen LogP contribution in [0.4, 0.5) is 15.8 Å². The summed E-state index contributed by atoms with van der Waals surface area (Å²) in [6.45, 7) is 5.71. The summed E-state index contributed by atoms with van der Waals surface area (Å²) >= 11 is 1.44. The first-order valence-electron chi connectivity index (χ1n) is 8.02. The highest BCUT2D eigenvalue weighted by Gasteiger charge is 2.21. The molecule has 2 aromatic rings. The molecule has 0 fully saturated rings. The van der Waals surface area contributed by atoms with E-state index in [9.17, 15) is 14.0 Å². The monoisotopic (exact) mass is 360 g/mol. The minimum absolute atomic E-state index is 0.0370. The number of hydrogen-bond acceptors (Lipinski definition) is 3. The summed E-state index contributed by atoms with van der Waals surface area (Å²) < 4.78 is 13.1. The van der Waals surface area contributed by atoms with Gasteiger partial charge in [-0.15, -0.1) is 11.8 Å². The van der Waals surface area contributed by atoms with Crippen molar-refractivity contribution in [2.45, 2.75) is 30.9 Å². The number of carbonyl (C=O) groups is 2. The molecule has 0 aliphatic heterocycles. The van der Waals surface area contributed by atoms with Gasteiger partial charge in [0.25, 0.3) is 0 Å². The second kappa shape index (κ2) is 8.67. The second-order valence-corrected chi connectivity index (χ2v) is 6.94. The Balaban J connectivity index is 2.05. The molecule has 2 amide bonds. The van der Waals surface area contributed by atoms with Gasteiger partial charge in [0.1, 0.15) is 5.82 Å². The zero-order valence-corrected chi connectivity index (χ0v) is 15.3. The van der Waals surface area contributed by atoms with Crippen molar-refractivity contribution in [2.75, 3.05) is 16.8 Å². The second-order valence-electron chi connectivity index (χ2n) is 5.52. The predicted octanol–water partition coefficient (Wildman–Crippen LogP) is 4.32. The lowest BCUT2D eigenvalue weighted by Crippen LogP contribution is -2.36. The fourth-order valence-electron chi connectivity index (χ4n) is 2.38. The van der Waals surface area contributed by atoms with E-state index in [1.54, 1.807) is 29.2 Å². The number of anilines is 2.